The summed E-state index contributed by atoms with van der Waals surface area (Å²) in [5.41, 5.74) is -0.429. The van der Waals surface area contributed by atoms with E-state index in [4.69, 9.17) is 9.84 Å². The molecule has 0 aromatic carbocycles. The largest absolute Gasteiger partial charge is 0.394 e. The third-order valence-electron chi connectivity index (χ3n) is 1.95. The Labute approximate surface area is 91.2 Å². The Morgan fingerprint density at radius 1 is 1.53 bits per heavy atom. The number of amides is 1. The maximum absolute atomic E-state index is 11.4. The molecule has 1 amide bonds. The van der Waals surface area contributed by atoms with Gasteiger partial charge in [-0.15, -0.1) is 0 Å². The first-order valence-corrected chi connectivity index (χ1v) is 5.05. The van der Waals surface area contributed by atoms with Gasteiger partial charge in [0.2, 0.25) is 5.91 Å². The number of carbonyl (C=O) groups excluding carboxylic acids is 1. The van der Waals surface area contributed by atoms with E-state index in [0.717, 1.165) is 0 Å². The van der Waals surface area contributed by atoms with E-state index in [9.17, 15) is 4.79 Å². The molecule has 1 atom stereocenters. The molecule has 0 aromatic rings. The van der Waals surface area contributed by atoms with E-state index < -0.39 is 5.54 Å². The quantitative estimate of drug-likeness (QED) is 0.538. The van der Waals surface area contributed by atoms with Gasteiger partial charge in [-0.2, -0.15) is 0 Å². The van der Waals surface area contributed by atoms with Crippen LogP contribution in [0.4, 0.5) is 0 Å². The van der Waals surface area contributed by atoms with Crippen molar-refractivity contribution >= 4 is 5.91 Å². The van der Waals surface area contributed by atoms with Crippen molar-refractivity contribution < 1.29 is 14.6 Å². The highest BCUT2D eigenvalue weighted by Crippen LogP contribution is 1.98. The summed E-state index contributed by atoms with van der Waals surface area (Å²) in [7, 11) is 1.59. The Bertz CT molecular complexity index is 195. The summed E-state index contributed by atoms with van der Waals surface area (Å²) in [6.45, 7) is 6.22. The molecule has 15 heavy (non-hydrogen) atoms. The maximum Gasteiger partial charge on any atom is 0.234 e. The summed E-state index contributed by atoms with van der Waals surface area (Å²) in [5.74, 6) is -0.0962. The number of hydrogen-bond acceptors (Lipinski definition) is 4. The van der Waals surface area contributed by atoms with Crippen molar-refractivity contribution in [3.63, 3.8) is 0 Å². The molecule has 1 unspecified atom stereocenters. The van der Waals surface area contributed by atoms with Crippen molar-refractivity contribution in [1.29, 1.82) is 0 Å². The van der Waals surface area contributed by atoms with Crippen LogP contribution in [0.1, 0.15) is 20.8 Å². The highest BCUT2D eigenvalue weighted by atomic mass is 16.5. The van der Waals surface area contributed by atoms with Crippen molar-refractivity contribution in [3.05, 3.63) is 0 Å². The van der Waals surface area contributed by atoms with Gasteiger partial charge in [-0.3, -0.25) is 4.79 Å². The van der Waals surface area contributed by atoms with Crippen LogP contribution in [0.3, 0.4) is 0 Å². The third kappa shape index (κ3) is 7.30. The third-order valence-corrected chi connectivity index (χ3v) is 1.95. The standard InChI is InChI=1S/C10H22N2O3/c1-8(6-15-4)12-9(14)5-11-10(2,3)7-13/h8,11,13H,5-7H2,1-4H3,(H,12,14). The number of ether oxygens (including phenoxy) is 1. The Morgan fingerprint density at radius 3 is 2.60 bits per heavy atom. The minimum Gasteiger partial charge on any atom is -0.394 e. The van der Waals surface area contributed by atoms with Crippen molar-refractivity contribution in [2.45, 2.75) is 32.4 Å². The van der Waals surface area contributed by atoms with Gasteiger partial charge in [0.15, 0.2) is 0 Å². The van der Waals surface area contributed by atoms with E-state index in [1.54, 1.807) is 7.11 Å². The summed E-state index contributed by atoms with van der Waals surface area (Å²) < 4.78 is 4.90. The van der Waals surface area contributed by atoms with E-state index in [-0.39, 0.29) is 25.1 Å². The average Bonchev–Trinajstić information content (AvgIpc) is 2.15. The minimum atomic E-state index is -0.429. The van der Waals surface area contributed by atoms with Crippen LogP contribution < -0.4 is 10.6 Å². The van der Waals surface area contributed by atoms with Crippen LogP contribution in [0.25, 0.3) is 0 Å². The van der Waals surface area contributed by atoms with Gasteiger partial charge in [-0.1, -0.05) is 0 Å². The molecular formula is C10H22N2O3. The normalized spacial score (nSPS) is 13.7. The van der Waals surface area contributed by atoms with Crippen LogP contribution in [0.15, 0.2) is 0 Å². The van der Waals surface area contributed by atoms with Crippen LogP contribution in [0.5, 0.6) is 0 Å². The summed E-state index contributed by atoms with van der Waals surface area (Å²) in [6.07, 6.45) is 0. The van der Waals surface area contributed by atoms with Gasteiger partial charge >= 0.3 is 0 Å². The summed E-state index contributed by atoms with van der Waals surface area (Å²) in [5, 5.41) is 14.7. The molecule has 0 aliphatic carbocycles. The number of rotatable bonds is 7. The first-order valence-electron chi connectivity index (χ1n) is 5.05. The van der Waals surface area contributed by atoms with Gasteiger partial charge in [0.05, 0.1) is 19.8 Å². The molecule has 90 valence electrons. The molecule has 0 aliphatic heterocycles. The molecule has 0 saturated carbocycles. The second kappa shape index (κ2) is 6.76. The fourth-order valence-electron chi connectivity index (χ4n) is 0.993. The first kappa shape index (κ1) is 14.3. The number of carbonyl (C=O) groups is 1. The molecule has 5 nitrogen and oxygen atoms in total. The molecule has 0 heterocycles. The van der Waals surface area contributed by atoms with Crippen LogP contribution in [0.2, 0.25) is 0 Å². The average molecular weight is 218 g/mol. The van der Waals surface area contributed by atoms with Crippen LogP contribution in [-0.4, -0.2) is 49.5 Å². The Balaban J connectivity index is 3.75. The molecule has 0 spiro atoms. The molecule has 0 radical (unpaired) electrons. The van der Waals surface area contributed by atoms with Crippen LogP contribution in [0, 0.1) is 0 Å². The SMILES string of the molecule is COCC(C)NC(=O)CNC(C)(C)CO. The Hall–Kier alpha value is -0.650. The summed E-state index contributed by atoms with van der Waals surface area (Å²) in [4.78, 5) is 11.4. The van der Waals surface area contributed by atoms with E-state index in [1.807, 2.05) is 20.8 Å². The predicted molar refractivity (Wildman–Crippen MR) is 58.6 cm³/mol. The van der Waals surface area contributed by atoms with Crippen molar-refractivity contribution in [2.75, 3.05) is 26.9 Å². The molecule has 0 saturated heterocycles. The van der Waals surface area contributed by atoms with Gasteiger partial charge in [0, 0.05) is 18.7 Å². The molecule has 0 aromatic heterocycles. The summed E-state index contributed by atoms with van der Waals surface area (Å²) in [6, 6.07) is 0.00142. The minimum absolute atomic E-state index is 0.00142. The highest BCUT2D eigenvalue weighted by Gasteiger charge is 2.17. The lowest BCUT2D eigenvalue weighted by Crippen LogP contribution is -2.49. The molecule has 0 aliphatic rings. The molecular weight excluding hydrogens is 196 g/mol. The highest BCUT2D eigenvalue weighted by molar-refractivity contribution is 5.78. The van der Waals surface area contributed by atoms with Crippen molar-refractivity contribution in [1.82, 2.24) is 10.6 Å². The maximum atomic E-state index is 11.4. The van der Waals surface area contributed by atoms with Crippen LogP contribution in [-0.2, 0) is 9.53 Å². The van der Waals surface area contributed by atoms with Gasteiger partial charge in [0.1, 0.15) is 0 Å². The fourth-order valence-corrected chi connectivity index (χ4v) is 0.993. The Kier molecular flexibility index (Phi) is 6.47. The van der Waals surface area contributed by atoms with E-state index in [0.29, 0.717) is 6.61 Å². The number of aliphatic hydroxyl groups is 1. The molecule has 3 N–H and O–H groups in total. The monoisotopic (exact) mass is 218 g/mol. The van der Waals surface area contributed by atoms with E-state index >= 15 is 0 Å². The molecule has 0 fully saturated rings. The number of methoxy groups -OCH3 is 1. The van der Waals surface area contributed by atoms with Crippen molar-refractivity contribution in [3.8, 4) is 0 Å². The molecule has 5 heteroatoms. The topological polar surface area (TPSA) is 70.6 Å². The zero-order valence-electron chi connectivity index (χ0n) is 9.96. The number of aliphatic hydroxyl groups excluding tert-OH is 1. The zero-order valence-corrected chi connectivity index (χ0v) is 9.96. The summed E-state index contributed by atoms with van der Waals surface area (Å²) >= 11 is 0. The van der Waals surface area contributed by atoms with Gasteiger partial charge < -0.3 is 20.5 Å². The smallest absolute Gasteiger partial charge is 0.234 e. The predicted octanol–water partition coefficient (Wildman–Crippen LogP) is -0.502. The Morgan fingerprint density at radius 2 is 2.13 bits per heavy atom. The van der Waals surface area contributed by atoms with Crippen molar-refractivity contribution in [2.24, 2.45) is 0 Å². The number of nitrogens with one attached hydrogen (secondary N) is 2. The lowest BCUT2D eigenvalue weighted by Gasteiger charge is -2.23. The van der Waals surface area contributed by atoms with Gasteiger partial charge in [-0.25, -0.2) is 0 Å². The lowest BCUT2D eigenvalue weighted by molar-refractivity contribution is -0.121. The second-order valence-electron chi connectivity index (χ2n) is 4.32. The lowest BCUT2D eigenvalue weighted by atomic mass is 10.1. The van der Waals surface area contributed by atoms with Gasteiger partial charge in [-0.05, 0) is 20.8 Å². The van der Waals surface area contributed by atoms with E-state index in [1.165, 1.54) is 0 Å². The van der Waals surface area contributed by atoms with Crippen LogP contribution >= 0.6 is 0 Å². The zero-order chi connectivity index (χ0) is 11.9. The van der Waals surface area contributed by atoms with E-state index in [2.05, 4.69) is 10.6 Å². The molecule has 0 bridgehead atoms. The fraction of sp³-hybridized carbons (Fsp3) is 0.900. The second-order valence-corrected chi connectivity index (χ2v) is 4.32. The number of hydrogen-bond donors (Lipinski definition) is 3. The van der Waals surface area contributed by atoms with Gasteiger partial charge in [0.25, 0.3) is 0 Å². The first-order chi connectivity index (χ1) is 6.91. The molecule has 0 rings (SSSR count).